The smallest absolute Gasteiger partial charge is 0.191 e. The highest BCUT2D eigenvalue weighted by atomic mass is 127. The van der Waals surface area contributed by atoms with Crippen LogP contribution < -0.4 is 10.6 Å². The standard InChI is InChI=1S/C13H30N4.HI/c1-6-9-15-13(14-8-3)16-10-11-17(5)12(4)7-2;/h12H,6-11H2,1-5H3,(H2,14,15,16);1H. The Bertz CT molecular complexity index is 209. The van der Waals surface area contributed by atoms with Crippen LogP contribution in [0, 0.1) is 0 Å². The molecule has 0 aliphatic carbocycles. The number of guanidine groups is 1. The third-order valence-electron chi connectivity index (χ3n) is 2.94. The van der Waals surface area contributed by atoms with E-state index in [0.29, 0.717) is 6.04 Å². The van der Waals surface area contributed by atoms with Gasteiger partial charge in [0.25, 0.3) is 0 Å². The molecule has 5 heteroatoms. The molecule has 0 aromatic carbocycles. The van der Waals surface area contributed by atoms with Crippen LogP contribution in [0.2, 0.25) is 0 Å². The van der Waals surface area contributed by atoms with Gasteiger partial charge in [-0.3, -0.25) is 4.99 Å². The second-order valence-corrected chi connectivity index (χ2v) is 4.43. The van der Waals surface area contributed by atoms with E-state index in [1.807, 2.05) is 0 Å². The summed E-state index contributed by atoms with van der Waals surface area (Å²) < 4.78 is 0. The van der Waals surface area contributed by atoms with Crippen LogP contribution in [0.1, 0.15) is 40.5 Å². The molecule has 0 rings (SSSR count). The zero-order valence-corrected chi connectivity index (χ0v) is 15.0. The van der Waals surface area contributed by atoms with Crippen LogP contribution in [0.3, 0.4) is 0 Å². The van der Waals surface area contributed by atoms with Crippen LogP contribution in [0.5, 0.6) is 0 Å². The fourth-order valence-electron chi connectivity index (χ4n) is 1.45. The molecule has 2 N–H and O–H groups in total. The third-order valence-corrected chi connectivity index (χ3v) is 2.94. The fourth-order valence-corrected chi connectivity index (χ4v) is 1.45. The van der Waals surface area contributed by atoms with Gasteiger partial charge in [0, 0.05) is 32.2 Å². The van der Waals surface area contributed by atoms with E-state index in [1.54, 1.807) is 0 Å². The van der Waals surface area contributed by atoms with Gasteiger partial charge in [-0.05, 0) is 33.7 Å². The minimum absolute atomic E-state index is 0. The van der Waals surface area contributed by atoms with Gasteiger partial charge in [-0.2, -0.15) is 0 Å². The molecule has 110 valence electrons. The number of likely N-dealkylation sites (N-methyl/N-ethyl adjacent to an activating group) is 1. The molecule has 0 radical (unpaired) electrons. The highest BCUT2D eigenvalue weighted by Gasteiger charge is 2.05. The van der Waals surface area contributed by atoms with Gasteiger partial charge in [0.15, 0.2) is 5.96 Å². The van der Waals surface area contributed by atoms with Crippen molar-refractivity contribution in [2.45, 2.75) is 46.6 Å². The Balaban J connectivity index is 0. The van der Waals surface area contributed by atoms with E-state index in [0.717, 1.165) is 38.6 Å². The number of nitrogens with zero attached hydrogens (tertiary/aromatic N) is 2. The Morgan fingerprint density at radius 2 is 1.89 bits per heavy atom. The Morgan fingerprint density at radius 3 is 2.39 bits per heavy atom. The van der Waals surface area contributed by atoms with Crippen molar-refractivity contribution < 1.29 is 0 Å². The quantitative estimate of drug-likeness (QED) is 0.391. The molecule has 0 aliphatic rings. The molecule has 0 saturated carbocycles. The van der Waals surface area contributed by atoms with E-state index in [9.17, 15) is 0 Å². The lowest BCUT2D eigenvalue weighted by Crippen LogP contribution is -2.42. The number of hydrogen-bond acceptors (Lipinski definition) is 2. The molecular weight excluding hydrogens is 339 g/mol. The molecular formula is C13H31IN4. The average Bonchev–Trinajstić information content (AvgIpc) is 2.34. The predicted molar refractivity (Wildman–Crippen MR) is 92.1 cm³/mol. The largest absolute Gasteiger partial charge is 0.357 e. The summed E-state index contributed by atoms with van der Waals surface area (Å²) in [4.78, 5) is 6.84. The molecule has 0 bridgehead atoms. The number of nitrogens with one attached hydrogen (secondary N) is 2. The van der Waals surface area contributed by atoms with Crippen molar-refractivity contribution in [3.05, 3.63) is 0 Å². The zero-order valence-electron chi connectivity index (χ0n) is 12.6. The van der Waals surface area contributed by atoms with Crippen LogP contribution in [0.15, 0.2) is 4.99 Å². The lowest BCUT2D eigenvalue weighted by Gasteiger charge is -2.23. The van der Waals surface area contributed by atoms with Crippen molar-refractivity contribution in [2.24, 2.45) is 4.99 Å². The molecule has 1 unspecified atom stereocenters. The molecule has 0 aromatic rings. The van der Waals surface area contributed by atoms with Gasteiger partial charge in [0.2, 0.25) is 0 Å². The summed E-state index contributed by atoms with van der Waals surface area (Å²) in [7, 11) is 2.17. The van der Waals surface area contributed by atoms with Crippen LogP contribution >= 0.6 is 24.0 Å². The molecule has 0 fully saturated rings. The first kappa shape index (κ1) is 20.3. The maximum Gasteiger partial charge on any atom is 0.191 e. The van der Waals surface area contributed by atoms with Gasteiger partial charge >= 0.3 is 0 Å². The Morgan fingerprint density at radius 1 is 1.22 bits per heavy atom. The van der Waals surface area contributed by atoms with Crippen molar-refractivity contribution in [1.29, 1.82) is 0 Å². The van der Waals surface area contributed by atoms with Crippen molar-refractivity contribution in [3.63, 3.8) is 0 Å². The fraction of sp³-hybridized carbons (Fsp3) is 0.923. The van der Waals surface area contributed by atoms with Gasteiger partial charge in [0.05, 0.1) is 0 Å². The molecule has 4 nitrogen and oxygen atoms in total. The summed E-state index contributed by atoms with van der Waals surface area (Å²) >= 11 is 0. The maximum absolute atomic E-state index is 4.47. The van der Waals surface area contributed by atoms with Crippen LogP contribution in [0.4, 0.5) is 0 Å². The molecule has 0 aromatic heterocycles. The van der Waals surface area contributed by atoms with E-state index in [-0.39, 0.29) is 24.0 Å². The van der Waals surface area contributed by atoms with Gasteiger partial charge < -0.3 is 15.5 Å². The van der Waals surface area contributed by atoms with Gasteiger partial charge in [-0.1, -0.05) is 13.8 Å². The molecule has 18 heavy (non-hydrogen) atoms. The van der Waals surface area contributed by atoms with Crippen LogP contribution in [-0.2, 0) is 0 Å². The Hall–Kier alpha value is -0.0400. The summed E-state index contributed by atoms with van der Waals surface area (Å²) in [6, 6.07) is 0.645. The lowest BCUT2D eigenvalue weighted by molar-refractivity contribution is 0.255. The normalized spacial score (nSPS) is 13.1. The first-order chi connectivity index (χ1) is 8.15. The number of rotatable bonds is 8. The van der Waals surface area contributed by atoms with Crippen molar-refractivity contribution >= 4 is 29.9 Å². The summed E-state index contributed by atoms with van der Waals surface area (Å²) in [5, 5.41) is 6.62. The minimum atomic E-state index is 0. The third kappa shape index (κ3) is 9.94. The van der Waals surface area contributed by atoms with E-state index in [2.05, 4.69) is 55.3 Å². The summed E-state index contributed by atoms with van der Waals surface area (Å²) in [6.45, 7) is 12.5. The van der Waals surface area contributed by atoms with Gasteiger partial charge in [-0.15, -0.1) is 24.0 Å². The van der Waals surface area contributed by atoms with Gasteiger partial charge in [0.1, 0.15) is 0 Å². The molecule has 0 spiro atoms. The molecule has 1 atom stereocenters. The van der Waals surface area contributed by atoms with Gasteiger partial charge in [-0.25, -0.2) is 0 Å². The van der Waals surface area contributed by atoms with E-state index in [4.69, 9.17) is 0 Å². The molecule has 0 saturated heterocycles. The highest BCUT2D eigenvalue weighted by Crippen LogP contribution is 1.97. The number of aliphatic imine (C=N–C) groups is 1. The second kappa shape index (κ2) is 13.4. The lowest BCUT2D eigenvalue weighted by atomic mass is 10.2. The number of halogens is 1. The highest BCUT2D eigenvalue weighted by molar-refractivity contribution is 14.0. The Labute approximate surface area is 130 Å². The van der Waals surface area contributed by atoms with Crippen molar-refractivity contribution in [2.75, 3.05) is 33.2 Å². The first-order valence-corrected chi connectivity index (χ1v) is 6.88. The maximum atomic E-state index is 4.47. The number of hydrogen-bond donors (Lipinski definition) is 2. The van der Waals surface area contributed by atoms with E-state index < -0.39 is 0 Å². The van der Waals surface area contributed by atoms with E-state index in [1.165, 1.54) is 6.42 Å². The van der Waals surface area contributed by atoms with Crippen LogP contribution in [-0.4, -0.2) is 50.1 Å². The first-order valence-electron chi connectivity index (χ1n) is 6.88. The topological polar surface area (TPSA) is 39.7 Å². The van der Waals surface area contributed by atoms with Crippen molar-refractivity contribution in [3.8, 4) is 0 Å². The minimum Gasteiger partial charge on any atom is -0.357 e. The summed E-state index contributed by atoms with van der Waals surface area (Å²) in [5.41, 5.74) is 0. The SMILES string of the molecule is CCCN=C(NCC)NCCN(C)C(C)CC.I. The van der Waals surface area contributed by atoms with E-state index >= 15 is 0 Å². The monoisotopic (exact) mass is 370 g/mol. The summed E-state index contributed by atoms with van der Waals surface area (Å²) in [5.74, 6) is 0.937. The predicted octanol–water partition coefficient (Wildman–Crippen LogP) is 2.30. The molecule has 0 aliphatic heterocycles. The molecule has 0 heterocycles. The zero-order chi connectivity index (χ0) is 13.1. The molecule has 0 amide bonds. The summed E-state index contributed by atoms with van der Waals surface area (Å²) in [6.07, 6.45) is 2.28. The van der Waals surface area contributed by atoms with Crippen LogP contribution in [0.25, 0.3) is 0 Å². The Kier molecular flexibility index (Phi) is 15.1. The second-order valence-electron chi connectivity index (χ2n) is 4.43. The average molecular weight is 370 g/mol. The van der Waals surface area contributed by atoms with Crippen molar-refractivity contribution in [1.82, 2.24) is 15.5 Å².